The van der Waals surface area contributed by atoms with Crippen molar-refractivity contribution in [1.82, 2.24) is 4.90 Å². The number of fused-ring (bicyclic) bond motifs is 1. The number of benzene rings is 1. The van der Waals surface area contributed by atoms with Crippen molar-refractivity contribution >= 4 is 17.2 Å². The maximum absolute atomic E-state index is 12.5. The van der Waals surface area contributed by atoms with Crippen molar-refractivity contribution in [3.63, 3.8) is 0 Å². The minimum Gasteiger partial charge on any atom is -0.341 e. The van der Waals surface area contributed by atoms with Crippen LogP contribution in [0.15, 0.2) is 35.7 Å². The van der Waals surface area contributed by atoms with Gasteiger partial charge in [0.05, 0.1) is 6.54 Å². The predicted molar refractivity (Wildman–Crippen MR) is 87.7 cm³/mol. The van der Waals surface area contributed by atoms with Gasteiger partial charge in [0.15, 0.2) is 0 Å². The first-order chi connectivity index (χ1) is 10.1. The molecule has 1 aromatic carbocycles. The second kappa shape index (κ2) is 6.02. The van der Waals surface area contributed by atoms with Crippen LogP contribution >= 0.6 is 11.3 Å². The number of carbonyl (C=O) groups is 1. The molecule has 0 radical (unpaired) electrons. The van der Waals surface area contributed by atoms with Crippen molar-refractivity contribution in [2.24, 2.45) is 0 Å². The molecule has 0 saturated heterocycles. The van der Waals surface area contributed by atoms with Gasteiger partial charge in [-0.2, -0.15) is 0 Å². The van der Waals surface area contributed by atoms with Crippen LogP contribution in [0.2, 0.25) is 0 Å². The third kappa shape index (κ3) is 3.03. The van der Waals surface area contributed by atoms with Gasteiger partial charge in [-0.3, -0.25) is 4.79 Å². The average Bonchev–Trinajstić information content (AvgIpc) is 3.07. The minimum atomic E-state index is 0.254. The Bertz CT molecular complexity index is 646. The van der Waals surface area contributed by atoms with E-state index in [2.05, 4.69) is 42.6 Å². The predicted octanol–water partition coefficient (Wildman–Crippen LogP) is 4.14. The van der Waals surface area contributed by atoms with Gasteiger partial charge in [0.2, 0.25) is 5.91 Å². The maximum Gasteiger partial charge on any atom is 0.223 e. The Kier molecular flexibility index (Phi) is 4.11. The second-order valence-electron chi connectivity index (χ2n) is 5.92. The first kappa shape index (κ1) is 14.3. The van der Waals surface area contributed by atoms with Gasteiger partial charge in [-0.15, -0.1) is 11.3 Å². The number of nitrogens with zero attached hydrogens (tertiary/aromatic N) is 1. The third-order valence-electron chi connectivity index (χ3n) is 4.45. The van der Waals surface area contributed by atoms with Gasteiger partial charge in [-0.05, 0) is 53.8 Å². The molecule has 0 N–H and O–H groups in total. The summed E-state index contributed by atoms with van der Waals surface area (Å²) >= 11 is 1.73. The Morgan fingerprint density at radius 3 is 2.90 bits per heavy atom. The number of amides is 1. The summed E-state index contributed by atoms with van der Waals surface area (Å²) in [5, 5.41) is 2.09. The van der Waals surface area contributed by atoms with Crippen molar-refractivity contribution in [3.8, 4) is 0 Å². The fourth-order valence-corrected chi connectivity index (χ4v) is 4.05. The largest absolute Gasteiger partial charge is 0.341 e. The summed E-state index contributed by atoms with van der Waals surface area (Å²) in [7, 11) is 1.92. The smallest absolute Gasteiger partial charge is 0.223 e. The van der Waals surface area contributed by atoms with Crippen LogP contribution < -0.4 is 0 Å². The van der Waals surface area contributed by atoms with E-state index >= 15 is 0 Å². The Hall–Kier alpha value is -1.61. The highest BCUT2D eigenvalue weighted by molar-refractivity contribution is 7.10. The highest BCUT2D eigenvalue weighted by Gasteiger charge is 2.25. The van der Waals surface area contributed by atoms with Crippen LogP contribution in [-0.2, 0) is 17.8 Å². The zero-order chi connectivity index (χ0) is 14.8. The SMILES string of the molecule is Cc1ccsc1CN(C)C(=O)CC1CCc2ccccc21. The molecule has 1 aromatic heterocycles. The summed E-state index contributed by atoms with van der Waals surface area (Å²) in [6.45, 7) is 2.84. The molecule has 110 valence electrons. The molecule has 1 unspecified atom stereocenters. The summed E-state index contributed by atoms with van der Waals surface area (Å²) in [4.78, 5) is 15.6. The molecular formula is C18H21NOS. The lowest BCUT2D eigenvalue weighted by Crippen LogP contribution is -2.27. The van der Waals surface area contributed by atoms with E-state index in [1.807, 2.05) is 11.9 Å². The third-order valence-corrected chi connectivity index (χ3v) is 5.46. The molecular weight excluding hydrogens is 278 g/mol. The molecule has 0 aliphatic heterocycles. The molecule has 1 aliphatic rings. The van der Waals surface area contributed by atoms with Gasteiger partial charge in [0.25, 0.3) is 0 Å². The Labute approximate surface area is 130 Å². The van der Waals surface area contributed by atoms with Gasteiger partial charge < -0.3 is 4.90 Å². The van der Waals surface area contributed by atoms with E-state index in [0.29, 0.717) is 12.3 Å². The lowest BCUT2D eigenvalue weighted by atomic mass is 9.97. The van der Waals surface area contributed by atoms with Gasteiger partial charge >= 0.3 is 0 Å². The van der Waals surface area contributed by atoms with Crippen molar-refractivity contribution in [3.05, 3.63) is 57.3 Å². The topological polar surface area (TPSA) is 20.3 Å². The number of thiophene rings is 1. The fraction of sp³-hybridized carbons (Fsp3) is 0.389. The van der Waals surface area contributed by atoms with Crippen LogP contribution in [0.1, 0.15) is 40.3 Å². The second-order valence-corrected chi connectivity index (χ2v) is 6.92. The van der Waals surface area contributed by atoms with Crippen LogP contribution in [0.5, 0.6) is 0 Å². The van der Waals surface area contributed by atoms with Crippen LogP contribution in [-0.4, -0.2) is 17.9 Å². The quantitative estimate of drug-likeness (QED) is 0.831. The number of rotatable bonds is 4. The first-order valence-electron chi connectivity index (χ1n) is 7.50. The van der Waals surface area contributed by atoms with Gasteiger partial charge in [-0.25, -0.2) is 0 Å². The van der Waals surface area contributed by atoms with Gasteiger partial charge in [0.1, 0.15) is 0 Å². The van der Waals surface area contributed by atoms with Crippen molar-refractivity contribution < 1.29 is 4.79 Å². The summed E-state index contributed by atoms with van der Waals surface area (Å²) in [5.41, 5.74) is 4.09. The van der Waals surface area contributed by atoms with E-state index in [4.69, 9.17) is 0 Å². The molecule has 21 heavy (non-hydrogen) atoms. The number of aryl methyl sites for hydroxylation is 2. The van der Waals surface area contributed by atoms with E-state index in [1.54, 1.807) is 11.3 Å². The highest BCUT2D eigenvalue weighted by atomic mass is 32.1. The fourth-order valence-electron chi connectivity index (χ4n) is 3.09. The number of hydrogen-bond acceptors (Lipinski definition) is 2. The molecule has 3 heteroatoms. The number of carbonyl (C=O) groups excluding carboxylic acids is 1. The molecule has 1 amide bonds. The molecule has 1 atom stereocenters. The van der Waals surface area contributed by atoms with Crippen LogP contribution in [0.25, 0.3) is 0 Å². The van der Waals surface area contributed by atoms with Crippen LogP contribution in [0, 0.1) is 6.92 Å². The van der Waals surface area contributed by atoms with E-state index in [-0.39, 0.29) is 5.91 Å². The molecule has 0 spiro atoms. The molecule has 0 fully saturated rings. The Morgan fingerprint density at radius 1 is 1.33 bits per heavy atom. The molecule has 0 bridgehead atoms. The lowest BCUT2D eigenvalue weighted by molar-refractivity contribution is -0.130. The molecule has 2 nitrogen and oxygen atoms in total. The van der Waals surface area contributed by atoms with Gasteiger partial charge in [-0.1, -0.05) is 24.3 Å². The lowest BCUT2D eigenvalue weighted by Gasteiger charge is -2.19. The standard InChI is InChI=1S/C18H21NOS/c1-13-9-10-21-17(13)12-19(2)18(20)11-15-8-7-14-5-3-4-6-16(14)15/h3-6,9-10,15H,7-8,11-12H2,1-2H3. The Balaban J connectivity index is 1.63. The van der Waals surface area contributed by atoms with E-state index in [9.17, 15) is 4.79 Å². The Morgan fingerprint density at radius 2 is 2.14 bits per heavy atom. The van der Waals surface area contributed by atoms with E-state index in [1.165, 1.54) is 21.6 Å². The maximum atomic E-state index is 12.5. The van der Waals surface area contributed by atoms with Gasteiger partial charge in [0, 0.05) is 18.3 Å². The zero-order valence-electron chi connectivity index (χ0n) is 12.6. The zero-order valence-corrected chi connectivity index (χ0v) is 13.5. The van der Waals surface area contributed by atoms with Crippen molar-refractivity contribution in [1.29, 1.82) is 0 Å². The van der Waals surface area contributed by atoms with Crippen LogP contribution in [0.3, 0.4) is 0 Å². The normalized spacial score (nSPS) is 16.8. The monoisotopic (exact) mass is 299 g/mol. The summed E-state index contributed by atoms with van der Waals surface area (Å²) in [6, 6.07) is 10.7. The van der Waals surface area contributed by atoms with E-state index in [0.717, 1.165) is 19.4 Å². The molecule has 1 aliphatic carbocycles. The first-order valence-corrected chi connectivity index (χ1v) is 8.38. The van der Waals surface area contributed by atoms with Crippen LogP contribution in [0.4, 0.5) is 0 Å². The van der Waals surface area contributed by atoms with Crippen molar-refractivity contribution in [2.75, 3.05) is 7.05 Å². The highest BCUT2D eigenvalue weighted by Crippen LogP contribution is 2.35. The summed E-state index contributed by atoms with van der Waals surface area (Å²) < 4.78 is 0. The molecule has 1 heterocycles. The average molecular weight is 299 g/mol. The summed E-state index contributed by atoms with van der Waals surface area (Å²) in [5.74, 6) is 0.657. The summed E-state index contributed by atoms with van der Waals surface area (Å²) in [6.07, 6.45) is 2.86. The molecule has 3 rings (SSSR count). The minimum absolute atomic E-state index is 0.254. The molecule has 0 saturated carbocycles. The number of hydrogen-bond donors (Lipinski definition) is 0. The van der Waals surface area contributed by atoms with Crippen molar-refractivity contribution in [2.45, 2.75) is 38.6 Å². The molecule has 2 aromatic rings. The van der Waals surface area contributed by atoms with E-state index < -0.39 is 0 Å².